The topological polar surface area (TPSA) is 67.4 Å². The summed E-state index contributed by atoms with van der Waals surface area (Å²) in [5, 5.41) is 4.06. The Labute approximate surface area is 126 Å². The molecular formula is C15H27N5O. The third-order valence-electron chi connectivity index (χ3n) is 4.35. The van der Waals surface area contributed by atoms with Crippen molar-refractivity contribution in [3.63, 3.8) is 0 Å². The van der Waals surface area contributed by atoms with E-state index in [0.717, 1.165) is 32.5 Å². The quantitative estimate of drug-likeness (QED) is 0.881. The third-order valence-corrected chi connectivity index (χ3v) is 4.35. The lowest BCUT2D eigenvalue weighted by Crippen LogP contribution is -2.43. The van der Waals surface area contributed by atoms with Gasteiger partial charge in [-0.2, -0.15) is 5.10 Å². The molecule has 118 valence electrons. The molecule has 0 aromatic carbocycles. The second-order valence-corrected chi connectivity index (χ2v) is 6.33. The van der Waals surface area contributed by atoms with Crippen molar-refractivity contribution in [3.8, 4) is 0 Å². The number of carbonyl (C=O) groups is 1. The molecule has 0 aliphatic carbocycles. The summed E-state index contributed by atoms with van der Waals surface area (Å²) in [5.74, 6) is 0.829. The number of nitrogens with two attached hydrogens (primary N) is 1. The molecule has 2 rings (SSSR count). The van der Waals surface area contributed by atoms with Crippen LogP contribution in [0.15, 0.2) is 12.4 Å². The Morgan fingerprint density at radius 1 is 1.48 bits per heavy atom. The van der Waals surface area contributed by atoms with Crippen LogP contribution in [-0.4, -0.2) is 58.2 Å². The molecule has 1 amide bonds. The molecular weight excluding hydrogens is 266 g/mol. The number of piperidine rings is 1. The van der Waals surface area contributed by atoms with E-state index in [-0.39, 0.29) is 12.5 Å². The van der Waals surface area contributed by atoms with Crippen molar-refractivity contribution in [2.75, 3.05) is 32.4 Å². The molecule has 1 aromatic heterocycles. The van der Waals surface area contributed by atoms with E-state index in [1.165, 1.54) is 0 Å². The number of carbonyl (C=O) groups excluding carboxylic acids is 1. The highest BCUT2D eigenvalue weighted by Gasteiger charge is 2.24. The van der Waals surface area contributed by atoms with E-state index in [2.05, 4.69) is 30.9 Å². The van der Waals surface area contributed by atoms with Gasteiger partial charge in [0.1, 0.15) is 6.54 Å². The zero-order valence-electron chi connectivity index (χ0n) is 13.3. The largest absolute Gasteiger partial charge is 0.396 e. The van der Waals surface area contributed by atoms with E-state index >= 15 is 0 Å². The molecule has 0 unspecified atom stereocenters. The number of anilines is 1. The zero-order valence-corrected chi connectivity index (χ0v) is 13.3. The zero-order chi connectivity index (χ0) is 15.4. The van der Waals surface area contributed by atoms with Crippen molar-refractivity contribution in [1.82, 2.24) is 19.6 Å². The standard InChI is InChI=1S/C15H27N5O/c1-12(2)18(3)9-13-4-6-19(7-5-13)15(21)11-20-10-14(16)8-17-20/h8,10,12-13H,4-7,9,11,16H2,1-3H3. The minimum Gasteiger partial charge on any atom is -0.396 e. The SMILES string of the molecule is CC(C)N(C)CC1CCN(C(=O)Cn2cc(N)cn2)CC1. The van der Waals surface area contributed by atoms with Gasteiger partial charge in [-0.15, -0.1) is 0 Å². The van der Waals surface area contributed by atoms with Gasteiger partial charge in [-0.3, -0.25) is 9.48 Å². The van der Waals surface area contributed by atoms with Gasteiger partial charge in [-0.05, 0) is 39.7 Å². The Balaban J connectivity index is 1.76. The molecule has 0 saturated carbocycles. The van der Waals surface area contributed by atoms with Gasteiger partial charge < -0.3 is 15.5 Å². The Kier molecular flexibility index (Phi) is 5.22. The molecule has 2 heterocycles. The lowest BCUT2D eigenvalue weighted by molar-refractivity contribution is -0.133. The van der Waals surface area contributed by atoms with Crippen LogP contribution < -0.4 is 5.73 Å². The molecule has 1 fully saturated rings. The van der Waals surface area contributed by atoms with Crippen LogP contribution in [0.2, 0.25) is 0 Å². The molecule has 21 heavy (non-hydrogen) atoms. The second-order valence-electron chi connectivity index (χ2n) is 6.33. The highest BCUT2D eigenvalue weighted by atomic mass is 16.2. The minimum absolute atomic E-state index is 0.133. The molecule has 1 aliphatic rings. The number of hydrogen-bond donors (Lipinski definition) is 1. The minimum atomic E-state index is 0.133. The van der Waals surface area contributed by atoms with E-state index < -0.39 is 0 Å². The number of likely N-dealkylation sites (tertiary alicyclic amines) is 1. The normalized spacial score (nSPS) is 16.9. The maximum absolute atomic E-state index is 12.2. The van der Waals surface area contributed by atoms with Crippen molar-refractivity contribution in [1.29, 1.82) is 0 Å². The summed E-state index contributed by atoms with van der Waals surface area (Å²) in [6.07, 6.45) is 5.44. The van der Waals surface area contributed by atoms with Gasteiger partial charge in [0, 0.05) is 31.9 Å². The summed E-state index contributed by atoms with van der Waals surface area (Å²) < 4.78 is 1.61. The van der Waals surface area contributed by atoms with E-state index in [1.807, 2.05) is 4.90 Å². The van der Waals surface area contributed by atoms with Gasteiger partial charge in [-0.1, -0.05) is 0 Å². The molecule has 0 bridgehead atoms. The molecule has 6 nitrogen and oxygen atoms in total. The van der Waals surface area contributed by atoms with Crippen LogP contribution in [-0.2, 0) is 11.3 Å². The lowest BCUT2D eigenvalue weighted by atomic mass is 9.96. The van der Waals surface area contributed by atoms with Crippen molar-refractivity contribution in [3.05, 3.63) is 12.4 Å². The first-order valence-corrected chi connectivity index (χ1v) is 7.71. The molecule has 2 N–H and O–H groups in total. The number of hydrogen-bond acceptors (Lipinski definition) is 4. The predicted octanol–water partition coefficient (Wildman–Crippen LogP) is 1.04. The lowest BCUT2D eigenvalue weighted by Gasteiger charge is -2.35. The molecule has 0 spiro atoms. The van der Waals surface area contributed by atoms with Gasteiger partial charge in [0.05, 0.1) is 11.9 Å². The maximum atomic E-state index is 12.2. The number of rotatable bonds is 5. The summed E-state index contributed by atoms with van der Waals surface area (Å²) in [4.78, 5) is 16.6. The van der Waals surface area contributed by atoms with Crippen molar-refractivity contribution in [2.45, 2.75) is 39.3 Å². The van der Waals surface area contributed by atoms with Crippen LogP contribution >= 0.6 is 0 Å². The molecule has 0 atom stereocenters. The van der Waals surface area contributed by atoms with E-state index in [1.54, 1.807) is 17.1 Å². The van der Waals surface area contributed by atoms with Gasteiger partial charge in [-0.25, -0.2) is 0 Å². The Hall–Kier alpha value is -1.56. The summed E-state index contributed by atoms with van der Waals surface area (Å²) in [5.41, 5.74) is 6.20. The van der Waals surface area contributed by atoms with E-state index in [9.17, 15) is 4.79 Å². The van der Waals surface area contributed by atoms with E-state index in [0.29, 0.717) is 17.6 Å². The number of nitrogen functional groups attached to an aromatic ring is 1. The van der Waals surface area contributed by atoms with Gasteiger partial charge in [0.2, 0.25) is 5.91 Å². The smallest absolute Gasteiger partial charge is 0.244 e. The van der Waals surface area contributed by atoms with Crippen LogP contribution in [0.3, 0.4) is 0 Å². The van der Waals surface area contributed by atoms with Crippen LogP contribution in [0.1, 0.15) is 26.7 Å². The monoisotopic (exact) mass is 293 g/mol. The number of nitrogens with zero attached hydrogens (tertiary/aromatic N) is 4. The van der Waals surface area contributed by atoms with Crippen molar-refractivity contribution in [2.24, 2.45) is 5.92 Å². The second kappa shape index (κ2) is 6.93. The van der Waals surface area contributed by atoms with Crippen LogP contribution in [0.25, 0.3) is 0 Å². The summed E-state index contributed by atoms with van der Waals surface area (Å²) in [6.45, 7) is 7.55. The van der Waals surface area contributed by atoms with Crippen LogP contribution in [0.5, 0.6) is 0 Å². The van der Waals surface area contributed by atoms with E-state index in [4.69, 9.17) is 5.73 Å². The first kappa shape index (κ1) is 15.8. The molecule has 1 saturated heterocycles. The molecule has 1 aromatic rings. The summed E-state index contributed by atoms with van der Waals surface area (Å²) in [7, 11) is 2.17. The average Bonchev–Trinajstić information content (AvgIpc) is 2.84. The third kappa shape index (κ3) is 4.46. The Morgan fingerprint density at radius 3 is 2.67 bits per heavy atom. The fourth-order valence-corrected chi connectivity index (χ4v) is 2.69. The molecule has 6 heteroatoms. The first-order chi connectivity index (χ1) is 9.95. The molecule has 0 radical (unpaired) electrons. The number of amides is 1. The first-order valence-electron chi connectivity index (χ1n) is 7.71. The summed E-state index contributed by atoms with van der Waals surface area (Å²) >= 11 is 0. The highest BCUT2D eigenvalue weighted by molar-refractivity contribution is 5.76. The van der Waals surface area contributed by atoms with Gasteiger partial charge >= 0.3 is 0 Å². The van der Waals surface area contributed by atoms with Gasteiger partial charge in [0.25, 0.3) is 0 Å². The Morgan fingerprint density at radius 2 is 2.14 bits per heavy atom. The highest BCUT2D eigenvalue weighted by Crippen LogP contribution is 2.19. The average molecular weight is 293 g/mol. The van der Waals surface area contributed by atoms with Gasteiger partial charge in [0.15, 0.2) is 0 Å². The Bertz CT molecular complexity index is 462. The molecule has 1 aliphatic heterocycles. The van der Waals surface area contributed by atoms with Crippen molar-refractivity contribution >= 4 is 11.6 Å². The maximum Gasteiger partial charge on any atom is 0.244 e. The number of aromatic nitrogens is 2. The summed E-state index contributed by atoms with van der Waals surface area (Å²) in [6, 6.07) is 0.579. The van der Waals surface area contributed by atoms with Crippen LogP contribution in [0.4, 0.5) is 5.69 Å². The predicted molar refractivity (Wildman–Crippen MR) is 83.7 cm³/mol. The fraction of sp³-hybridized carbons (Fsp3) is 0.733. The van der Waals surface area contributed by atoms with Crippen LogP contribution in [0, 0.1) is 5.92 Å². The fourth-order valence-electron chi connectivity index (χ4n) is 2.69. The van der Waals surface area contributed by atoms with Crippen molar-refractivity contribution < 1.29 is 4.79 Å².